The topological polar surface area (TPSA) is 72.6 Å². The quantitative estimate of drug-likeness (QED) is 0.638. The summed E-state index contributed by atoms with van der Waals surface area (Å²) in [4.78, 5) is 27.0. The van der Waals surface area contributed by atoms with Crippen LogP contribution in [-0.4, -0.2) is 37.2 Å². The maximum Gasteiger partial charge on any atom is 0.249 e. The fourth-order valence-electron chi connectivity index (χ4n) is 5.00. The number of hydroxylamine groups is 2. The summed E-state index contributed by atoms with van der Waals surface area (Å²) in [5, 5.41) is 5.74. The fraction of sp³-hybridized carbons (Fsp3) is 0.478. The molecule has 162 valence electrons. The van der Waals surface area contributed by atoms with Crippen molar-refractivity contribution < 1.29 is 14.0 Å². The van der Waals surface area contributed by atoms with Crippen molar-refractivity contribution in [2.24, 2.45) is 11.8 Å². The summed E-state index contributed by atoms with van der Waals surface area (Å²) in [5.41, 5.74) is 3.97. The number of hydrogen-bond donors (Lipinski definition) is 0. The Morgan fingerprint density at radius 2 is 2.03 bits per heavy atom. The number of nitrogens with zero attached hydrogens (tertiary/aromatic N) is 5. The van der Waals surface area contributed by atoms with Crippen molar-refractivity contribution in [3.05, 3.63) is 59.6 Å². The molecular formula is C23H26FN5O2. The van der Waals surface area contributed by atoms with E-state index in [0.29, 0.717) is 24.5 Å². The second-order valence-electron chi connectivity index (χ2n) is 8.72. The van der Waals surface area contributed by atoms with E-state index in [1.54, 1.807) is 12.5 Å². The molecule has 0 radical (unpaired) electrons. The highest BCUT2D eigenvalue weighted by Crippen LogP contribution is 2.37. The normalized spacial score (nSPS) is 24.1. The minimum absolute atomic E-state index is 0.0186. The van der Waals surface area contributed by atoms with Gasteiger partial charge in [0.05, 0.1) is 18.8 Å². The smallest absolute Gasteiger partial charge is 0.249 e. The minimum Gasteiger partial charge on any atom is -0.272 e. The van der Waals surface area contributed by atoms with E-state index in [1.807, 2.05) is 4.52 Å². The van der Waals surface area contributed by atoms with Gasteiger partial charge in [-0.2, -0.15) is 5.10 Å². The summed E-state index contributed by atoms with van der Waals surface area (Å²) < 4.78 is 15.4. The van der Waals surface area contributed by atoms with E-state index in [0.717, 1.165) is 43.3 Å². The van der Waals surface area contributed by atoms with Gasteiger partial charge in [0.25, 0.3) is 0 Å². The van der Waals surface area contributed by atoms with Gasteiger partial charge in [-0.3, -0.25) is 14.6 Å². The number of carbonyl (C=O) groups is 1. The van der Waals surface area contributed by atoms with Crippen LogP contribution in [-0.2, 0) is 16.1 Å². The van der Waals surface area contributed by atoms with E-state index < -0.39 is 5.82 Å². The average Bonchev–Trinajstić information content (AvgIpc) is 3.44. The first-order valence-electron chi connectivity index (χ1n) is 10.9. The van der Waals surface area contributed by atoms with Crippen molar-refractivity contribution in [3.63, 3.8) is 0 Å². The number of fused-ring (bicyclic) bond motifs is 1. The number of halogens is 1. The third kappa shape index (κ3) is 4.04. The predicted molar refractivity (Wildman–Crippen MR) is 111 cm³/mol. The zero-order valence-corrected chi connectivity index (χ0v) is 17.6. The van der Waals surface area contributed by atoms with Crippen molar-refractivity contribution >= 4 is 11.6 Å². The van der Waals surface area contributed by atoms with E-state index in [-0.39, 0.29) is 17.9 Å². The summed E-state index contributed by atoms with van der Waals surface area (Å²) in [6.45, 7) is 2.52. The van der Waals surface area contributed by atoms with Gasteiger partial charge in [-0.1, -0.05) is 6.07 Å². The van der Waals surface area contributed by atoms with E-state index in [4.69, 9.17) is 4.84 Å². The Labute approximate surface area is 180 Å². The molecule has 1 saturated carbocycles. The predicted octanol–water partition coefficient (Wildman–Crippen LogP) is 3.83. The van der Waals surface area contributed by atoms with Gasteiger partial charge in [0.2, 0.25) is 5.91 Å². The first-order valence-corrected chi connectivity index (χ1v) is 10.9. The maximum atomic E-state index is 13.6. The average molecular weight is 423 g/mol. The van der Waals surface area contributed by atoms with Crippen LogP contribution in [0.25, 0.3) is 5.65 Å². The molecule has 0 unspecified atom stereocenters. The molecule has 0 aromatic carbocycles. The molecule has 31 heavy (non-hydrogen) atoms. The number of pyridine rings is 2. The van der Waals surface area contributed by atoms with Gasteiger partial charge in [0.1, 0.15) is 12.1 Å². The van der Waals surface area contributed by atoms with Gasteiger partial charge < -0.3 is 0 Å². The SMILES string of the molecule is Cc1cc(C[C@H]2CC[C@H](C(=O)N3OCC[C@H]3c3cncc(F)c3)CC2)cn2ncnc12. The molecule has 1 aliphatic heterocycles. The molecule has 3 aromatic heterocycles. The Bertz CT molecular complexity index is 1090. The second-order valence-corrected chi connectivity index (χ2v) is 8.72. The molecule has 7 nitrogen and oxygen atoms in total. The molecule has 4 heterocycles. The highest BCUT2D eigenvalue weighted by Gasteiger charge is 2.37. The summed E-state index contributed by atoms with van der Waals surface area (Å²) in [7, 11) is 0. The first kappa shape index (κ1) is 20.1. The van der Waals surface area contributed by atoms with E-state index in [2.05, 4.69) is 34.3 Å². The molecule has 0 bridgehead atoms. The fourth-order valence-corrected chi connectivity index (χ4v) is 5.00. The Hall–Kier alpha value is -2.87. The van der Waals surface area contributed by atoms with E-state index in [1.165, 1.54) is 22.9 Å². The molecule has 3 aromatic rings. The molecule has 0 N–H and O–H groups in total. The van der Waals surface area contributed by atoms with Crippen LogP contribution >= 0.6 is 0 Å². The van der Waals surface area contributed by atoms with Crippen molar-refractivity contribution in [2.45, 2.75) is 51.5 Å². The molecule has 2 aliphatic rings. The molecule has 1 saturated heterocycles. The molecule has 5 rings (SSSR count). The van der Waals surface area contributed by atoms with Gasteiger partial charge in [-0.15, -0.1) is 0 Å². The van der Waals surface area contributed by atoms with Crippen LogP contribution in [0, 0.1) is 24.6 Å². The van der Waals surface area contributed by atoms with Crippen LogP contribution in [0.5, 0.6) is 0 Å². The lowest BCUT2D eigenvalue weighted by molar-refractivity contribution is -0.183. The van der Waals surface area contributed by atoms with Crippen LogP contribution < -0.4 is 0 Å². The lowest BCUT2D eigenvalue weighted by Gasteiger charge is -2.32. The number of rotatable bonds is 4. The summed E-state index contributed by atoms with van der Waals surface area (Å²) in [6.07, 6.45) is 11.8. The maximum absolute atomic E-state index is 13.6. The number of amides is 1. The Balaban J connectivity index is 1.21. The van der Waals surface area contributed by atoms with Gasteiger partial charge in [0.15, 0.2) is 5.65 Å². The van der Waals surface area contributed by atoms with Crippen LogP contribution in [0.4, 0.5) is 4.39 Å². The monoisotopic (exact) mass is 423 g/mol. The molecule has 8 heteroatoms. The number of aryl methyl sites for hydroxylation is 1. The van der Waals surface area contributed by atoms with Gasteiger partial charge in [-0.05, 0) is 67.7 Å². The van der Waals surface area contributed by atoms with Crippen LogP contribution in [0.3, 0.4) is 0 Å². The summed E-state index contributed by atoms with van der Waals surface area (Å²) in [5.74, 6) is 0.131. The standard InChI is InChI=1S/C23H26FN5O2/c1-15-8-17(13-28-22(15)26-14-27-28)9-16-2-4-18(5-3-16)23(30)29-21(6-7-31-29)19-10-20(24)12-25-11-19/h8,10-14,16,18,21H,2-7,9H2,1H3/t16-,18-,21-/m0/s1. The van der Waals surface area contributed by atoms with Crippen molar-refractivity contribution in [1.82, 2.24) is 24.6 Å². The molecule has 1 amide bonds. The zero-order valence-electron chi connectivity index (χ0n) is 17.6. The van der Waals surface area contributed by atoms with Crippen molar-refractivity contribution in [1.29, 1.82) is 0 Å². The summed E-state index contributed by atoms with van der Waals surface area (Å²) >= 11 is 0. The Kier molecular flexibility index (Phi) is 5.40. The van der Waals surface area contributed by atoms with Crippen LogP contribution in [0.2, 0.25) is 0 Å². The number of carbonyl (C=O) groups excluding carboxylic acids is 1. The Morgan fingerprint density at radius 3 is 2.84 bits per heavy atom. The molecule has 1 aliphatic carbocycles. The van der Waals surface area contributed by atoms with Gasteiger partial charge in [0, 0.05) is 24.7 Å². The molecule has 1 atom stereocenters. The number of hydrogen-bond acceptors (Lipinski definition) is 5. The number of aromatic nitrogens is 4. The second kappa shape index (κ2) is 8.34. The Morgan fingerprint density at radius 1 is 1.19 bits per heavy atom. The molecular weight excluding hydrogens is 397 g/mol. The third-order valence-electron chi connectivity index (χ3n) is 6.57. The third-order valence-corrected chi connectivity index (χ3v) is 6.57. The lowest BCUT2D eigenvalue weighted by Crippen LogP contribution is -2.36. The van der Waals surface area contributed by atoms with Gasteiger partial charge >= 0.3 is 0 Å². The molecule has 0 spiro atoms. The lowest BCUT2D eigenvalue weighted by atomic mass is 9.79. The molecule has 2 fully saturated rings. The van der Waals surface area contributed by atoms with E-state index >= 15 is 0 Å². The van der Waals surface area contributed by atoms with Crippen LogP contribution in [0.15, 0.2) is 37.1 Å². The van der Waals surface area contributed by atoms with E-state index in [9.17, 15) is 9.18 Å². The largest absolute Gasteiger partial charge is 0.272 e. The van der Waals surface area contributed by atoms with Crippen molar-refractivity contribution in [2.75, 3.05) is 6.61 Å². The highest BCUT2D eigenvalue weighted by atomic mass is 19.1. The zero-order chi connectivity index (χ0) is 21.4. The minimum atomic E-state index is -0.392. The first-order chi connectivity index (χ1) is 15.1. The van der Waals surface area contributed by atoms with Gasteiger partial charge in [-0.25, -0.2) is 19.0 Å². The highest BCUT2D eigenvalue weighted by molar-refractivity contribution is 5.78. The van der Waals surface area contributed by atoms with Crippen molar-refractivity contribution in [3.8, 4) is 0 Å². The van der Waals surface area contributed by atoms with Crippen LogP contribution in [0.1, 0.15) is 54.8 Å². The summed E-state index contributed by atoms with van der Waals surface area (Å²) in [6, 6.07) is 3.37.